The van der Waals surface area contributed by atoms with Crippen LogP contribution in [0.2, 0.25) is 0 Å². The number of Topliss-reactive ketones (excluding diaryl/α,β-unsaturated/α-hetero) is 1. The predicted octanol–water partition coefficient (Wildman–Crippen LogP) is 2.40. The summed E-state index contributed by atoms with van der Waals surface area (Å²) in [4.78, 5) is 11.8. The third kappa shape index (κ3) is 1.82. The summed E-state index contributed by atoms with van der Waals surface area (Å²) < 4.78 is 5.76. The van der Waals surface area contributed by atoms with Crippen molar-refractivity contribution in [3.05, 3.63) is 23.8 Å². The lowest BCUT2D eigenvalue weighted by Gasteiger charge is -2.15. The van der Waals surface area contributed by atoms with Gasteiger partial charge in [0.05, 0.1) is 11.7 Å². The normalized spacial score (nSPS) is 20.3. The van der Waals surface area contributed by atoms with E-state index in [0.717, 1.165) is 12.8 Å². The van der Waals surface area contributed by atoms with Crippen LogP contribution >= 0.6 is 0 Å². The predicted molar refractivity (Wildman–Crippen MR) is 59.1 cm³/mol. The molecule has 1 atom stereocenters. The molecule has 2 N–H and O–H groups in total. The summed E-state index contributed by atoms with van der Waals surface area (Å²) >= 11 is 0. The minimum atomic E-state index is 0.0963. The number of nitrogen functional groups attached to an aromatic ring is 1. The molecule has 15 heavy (non-hydrogen) atoms. The molecule has 80 valence electrons. The van der Waals surface area contributed by atoms with Gasteiger partial charge in [0, 0.05) is 12.1 Å². The van der Waals surface area contributed by atoms with Crippen molar-refractivity contribution in [2.45, 2.75) is 32.3 Å². The Bertz CT molecular complexity index is 387. The van der Waals surface area contributed by atoms with Crippen LogP contribution in [0.25, 0.3) is 0 Å². The molecule has 1 aliphatic rings. The van der Waals surface area contributed by atoms with E-state index in [-0.39, 0.29) is 11.9 Å². The molecule has 0 spiro atoms. The van der Waals surface area contributed by atoms with Crippen LogP contribution in [0.3, 0.4) is 0 Å². The van der Waals surface area contributed by atoms with E-state index in [1.807, 2.05) is 12.1 Å². The molecule has 0 aromatic heterocycles. The van der Waals surface area contributed by atoms with Crippen molar-refractivity contribution in [3.8, 4) is 5.75 Å². The second kappa shape index (κ2) is 3.93. The van der Waals surface area contributed by atoms with Gasteiger partial charge in [-0.1, -0.05) is 13.0 Å². The van der Waals surface area contributed by atoms with Gasteiger partial charge in [0.15, 0.2) is 5.78 Å². The van der Waals surface area contributed by atoms with Gasteiger partial charge in [-0.25, -0.2) is 0 Å². The van der Waals surface area contributed by atoms with E-state index in [0.29, 0.717) is 23.4 Å². The number of benzene rings is 1. The third-order valence-electron chi connectivity index (χ3n) is 2.78. The summed E-state index contributed by atoms with van der Waals surface area (Å²) in [5.74, 6) is 0.739. The number of carbonyl (C=O) groups is 1. The van der Waals surface area contributed by atoms with Crippen LogP contribution in [0.15, 0.2) is 18.2 Å². The van der Waals surface area contributed by atoms with Crippen LogP contribution in [0.5, 0.6) is 5.75 Å². The van der Waals surface area contributed by atoms with Crippen molar-refractivity contribution >= 4 is 11.5 Å². The smallest absolute Gasteiger partial charge is 0.168 e. The van der Waals surface area contributed by atoms with Gasteiger partial charge in [-0.2, -0.15) is 0 Å². The number of rotatable bonds is 1. The van der Waals surface area contributed by atoms with E-state index in [1.165, 1.54) is 0 Å². The molecule has 0 saturated carbocycles. The average Bonchev–Trinajstić information content (AvgIpc) is 2.39. The highest BCUT2D eigenvalue weighted by Gasteiger charge is 2.23. The number of hydrogen-bond donors (Lipinski definition) is 1. The Morgan fingerprint density at radius 3 is 3.07 bits per heavy atom. The van der Waals surface area contributed by atoms with E-state index < -0.39 is 0 Å². The molecular formula is C12H15NO2. The van der Waals surface area contributed by atoms with Crippen molar-refractivity contribution in [1.82, 2.24) is 0 Å². The second-order valence-corrected chi connectivity index (χ2v) is 3.83. The van der Waals surface area contributed by atoms with Crippen LogP contribution in [0.4, 0.5) is 5.69 Å². The number of carbonyl (C=O) groups excluding carboxylic acids is 1. The first-order valence-corrected chi connectivity index (χ1v) is 5.30. The van der Waals surface area contributed by atoms with E-state index in [9.17, 15) is 4.79 Å². The maximum Gasteiger partial charge on any atom is 0.168 e. The van der Waals surface area contributed by atoms with Crippen LogP contribution in [0, 0.1) is 0 Å². The molecular weight excluding hydrogens is 190 g/mol. The summed E-state index contributed by atoms with van der Waals surface area (Å²) in [6.45, 7) is 2.06. The molecule has 1 aliphatic heterocycles. The maximum absolute atomic E-state index is 11.8. The van der Waals surface area contributed by atoms with Gasteiger partial charge in [-0.3, -0.25) is 4.79 Å². The number of ether oxygens (including phenoxy) is 1. The molecule has 3 heteroatoms. The largest absolute Gasteiger partial charge is 0.490 e. The van der Waals surface area contributed by atoms with Crippen molar-refractivity contribution in [1.29, 1.82) is 0 Å². The van der Waals surface area contributed by atoms with Gasteiger partial charge in [-0.15, -0.1) is 0 Å². The Morgan fingerprint density at radius 1 is 1.53 bits per heavy atom. The average molecular weight is 205 g/mol. The minimum Gasteiger partial charge on any atom is -0.490 e. The molecule has 0 amide bonds. The Kier molecular flexibility index (Phi) is 2.62. The number of fused-ring (bicyclic) bond motifs is 1. The zero-order chi connectivity index (χ0) is 10.8. The summed E-state index contributed by atoms with van der Waals surface area (Å²) in [6.07, 6.45) is 2.36. The number of anilines is 1. The van der Waals surface area contributed by atoms with E-state index in [1.54, 1.807) is 6.07 Å². The first kappa shape index (κ1) is 10.0. The molecule has 0 aliphatic carbocycles. The van der Waals surface area contributed by atoms with Crippen LogP contribution < -0.4 is 10.5 Å². The van der Waals surface area contributed by atoms with Gasteiger partial charge < -0.3 is 10.5 Å². The lowest BCUT2D eigenvalue weighted by molar-refractivity contribution is 0.0977. The molecule has 1 aromatic rings. The Labute approximate surface area is 89.2 Å². The number of hydrogen-bond acceptors (Lipinski definition) is 3. The van der Waals surface area contributed by atoms with E-state index in [2.05, 4.69) is 6.92 Å². The standard InChI is InChI=1S/C12H15NO2/c1-2-8-6-7-10(14)12-9(13)4-3-5-11(12)15-8/h3-5,8H,2,6-7,13H2,1H3. The summed E-state index contributed by atoms with van der Waals surface area (Å²) in [5.41, 5.74) is 6.87. The lowest BCUT2D eigenvalue weighted by atomic mass is 10.0. The Hall–Kier alpha value is -1.51. The molecule has 1 unspecified atom stereocenters. The van der Waals surface area contributed by atoms with E-state index in [4.69, 9.17) is 10.5 Å². The highest BCUT2D eigenvalue weighted by atomic mass is 16.5. The Morgan fingerprint density at radius 2 is 2.33 bits per heavy atom. The fraction of sp³-hybridized carbons (Fsp3) is 0.417. The zero-order valence-corrected chi connectivity index (χ0v) is 8.82. The van der Waals surface area contributed by atoms with Crippen molar-refractivity contribution in [2.24, 2.45) is 0 Å². The van der Waals surface area contributed by atoms with Crippen LogP contribution in [-0.4, -0.2) is 11.9 Å². The van der Waals surface area contributed by atoms with Crippen LogP contribution in [-0.2, 0) is 0 Å². The van der Waals surface area contributed by atoms with Gasteiger partial charge >= 0.3 is 0 Å². The van der Waals surface area contributed by atoms with Crippen LogP contribution in [0.1, 0.15) is 36.5 Å². The monoisotopic (exact) mass is 205 g/mol. The zero-order valence-electron chi connectivity index (χ0n) is 8.82. The highest BCUT2D eigenvalue weighted by Crippen LogP contribution is 2.31. The molecule has 0 bridgehead atoms. The minimum absolute atomic E-state index is 0.0963. The molecule has 1 aromatic carbocycles. The van der Waals surface area contributed by atoms with Gasteiger partial charge in [-0.05, 0) is 25.0 Å². The summed E-state index contributed by atoms with van der Waals surface area (Å²) in [7, 11) is 0. The summed E-state index contributed by atoms with van der Waals surface area (Å²) in [5, 5.41) is 0. The lowest BCUT2D eigenvalue weighted by Crippen LogP contribution is -2.13. The molecule has 0 radical (unpaired) electrons. The molecule has 2 rings (SSSR count). The third-order valence-corrected chi connectivity index (χ3v) is 2.78. The fourth-order valence-electron chi connectivity index (χ4n) is 1.89. The van der Waals surface area contributed by atoms with Crippen molar-refractivity contribution in [2.75, 3.05) is 5.73 Å². The fourth-order valence-corrected chi connectivity index (χ4v) is 1.89. The molecule has 0 fully saturated rings. The van der Waals surface area contributed by atoms with E-state index >= 15 is 0 Å². The quantitative estimate of drug-likeness (QED) is 0.716. The van der Waals surface area contributed by atoms with Gasteiger partial charge in [0.2, 0.25) is 0 Å². The topological polar surface area (TPSA) is 52.3 Å². The highest BCUT2D eigenvalue weighted by molar-refractivity contribution is 6.03. The molecule has 0 saturated heterocycles. The SMILES string of the molecule is CCC1CCC(=O)c2c(N)cccc2O1. The second-order valence-electron chi connectivity index (χ2n) is 3.83. The molecule has 3 nitrogen and oxygen atoms in total. The maximum atomic E-state index is 11.8. The van der Waals surface area contributed by atoms with Gasteiger partial charge in [0.25, 0.3) is 0 Å². The first-order valence-electron chi connectivity index (χ1n) is 5.30. The summed E-state index contributed by atoms with van der Waals surface area (Å²) in [6, 6.07) is 5.38. The number of nitrogens with two attached hydrogens (primary N) is 1. The number of ketones is 1. The Balaban J connectivity index is 2.44. The molecule has 1 heterocycles. The first-order chi connectivity index (χ1) is 7.22. The van der Waals surface area contributed by atoms with Crippen molar-refractivity contribution in [3.63, 3.8) is 0 Å². The van der Waals surface area contributed by atoms with Crippen molar-refractivity contribution < 1.29 is 9.53 Å². The van der Waals surface area contributed by atoms with Gasteiger partial charge in [0.1, 0.15) is 5.75 Å².